The van der Waals surface area contributed by atoms with Gasteiger partial charge < -0.3 is 9.47 Å². The van der Waals surface area contributed by atoms with Crippen molar-refractivity contribution in [3.8, 4) is 0 Å². The van der Waals surface area contributed by atoms with Crippen molar-refractivity contribution in [3.63, 3.8) is 0 Å². The highest BCUT2D eigenvalue weighted by atomic mass is 32.2. The molecule has 1 saturated carbocycles. The summed E-state index contributed by atoms with van der Waals surface area (Å²) in [7, 11) is -2.32. The highest BCUT2D eigenvalue weighted by molar-refractivity contribution is 7.89. The second-order valence-electron chi connectivity index (χ2n) is 7.56. The number of aromatic nitrogens is 1. The van der Waals surface area contributed by atoms with Crippen LogP contribution in [0.3, 0.4) is 0 Å². The second kappa shape index (κ2) is 8.68. The molecule has 0 spiro atoms. The topological polar surface area (TPSA) is 112 Å². The van der Waals surface area contributed by atoms with Crippen LogP contribution in [0, 0.1) is 6.92 Å². The Morgan fingerprint density at radius 1 is 1.06 bits per heavy atom. The number of ether oxygens (including phenoxy) is 2. The molecule has 4 rings (SSSR count). The predicted octanol–water partition coefficient (Wildman–Crippen LogP) is 3.13. The lowest BCUT2D eigenvalue weighted by molar-refractivity contribution is 0.0455. The molecule has 0 aliphatic heterocycles. The normalized spacial score (nSPS) is 13.7. The van der Waals surface area contributed by atoms with E-state index < -0.39 is 22.0 Å². The number of hydrogen-bond acceptors (Lipinski definition) is 7. The number of methoxy groups -OCH3 is 1. The van der Waals surface area contributed by atoms with Crippen molar-refractivity contribution in [1.82, 2.24) is 9.71 Å². The van der Waals surface area contributed by atoms with Crippen molar-refractivity contribution in [2.45, 2.75) is 37.3 Å². The fourth-order valence-electron chi connectivity index (χ4n) is 3.39. The third kappa shape index (κ3) is 4.49. The zero-order chi connectivity index (χ0) is 22.9. The summed E-state index contributed by atoms with van der Waals surface area (Å²) in [5, 5.41) is 0.805. The van der Waals surface area contributed by atoms with Crippen molar-refractivity contribution in [2.75, 3.05) is 7.11 Å². The van der Waals surface area contributed by atoms with Crippen LogP contribution in [-0.2, 0) is 26.1 Å². The largest absolute Gasteiger partial charge is 0.465 e. The summed E-state index contributed by atoms with van der Waals surface area (Å²) >= 11 is 0. The summed E-state index contributed by atoms with van der Waals surface area (Å²) in [4.78, 5) is 29.5. The number of pyridine rings is 1. The maximum Gasteiger partial charge on any atom is 0.340 e. The van der Waals surface area contributed by atoms with E-state index in [0.29, 0.717) is 11.1 Å². The van der Waals surface area contributed by atoms with E-state index in [1.54, 1.807) is 6.92 Å². The third-order valence-electron chi connectivity index (χ3n) is 5.26. The van der Waals surface area contributed by atoms with Crippen LogP contribution < -0.4 is 4.72 Å². The number of nitrogens with zero attached hydrogens (tertiary/aromatic N) is 1. The van der Waals surface area contributed by atoms with Gasteiger partial charge in [0.1, 0.15) is 6.61 Å². The van der Waals surface area contributed by atoms with Gasteiger partial charge in [-0.25, -0.2) is 27.7 Å². The zero-order valence-corrected chi connectivity index (χ0v) is 18.4. The Balaban J connectivity index is 1.54. The lowest BCUT2D eigenvalue weighted by Crippen LogP contribution is -2.25. The van der Waals surface area contributed by atoms with E-state index in [2.05, 4.69) is 9.71 Å². The van der Waals surface area contributed by atoms with Gasteiger partial charge in [0.05, 0.1) is 34.3 Å². The number of nitrogens with one attached hydrogen (secondary N) is 1. The Labute approximate surface area is 185 Å². The Morgan fingerprint density at radius 3 is 2.41 bits per heavy atom. The average Bonchev–Trinajstić information content (AvgIpc) is 3.60. The van der Waals surface area contributed by atoms with E-state index >= 15 is 0 Å². The fourth-order valence-corrected chi connectivity index (χ4v) is 4.70. The molecular weight excluding hydrogens is 432 g/mol. The molecule has 1 fully saturated rings. The summed E-state index contributed by atoms with van der Waals surface area (Å²) < 4.78 is 37.4. The van der Waals surface area contributed by atoms with E-state index in [0.717, 1.165) is 18.2 Å². The molecule has 32 heavy (non-hydrogen) atoms. The van der Waals surface area contributed by atoms with Crippen molar-refractivity contribution in [1.29, 1.82) is 0 Å². The third-order valence-corrected chi connectivity index (χ3v) is 6.79. The number of hydrogen-bond donors (Lipinski definition) is 1. The van der Waals surface area contributed by atoms with Gasteiger partial charge in [0, 0.05) is 11.4 Å². The number of rotatable bonds is 7. The molecule has 1 aliphatic rings. The first-order valence-corrected chi connectivity index (χ1v) is 11.5. The summed E-state index contributed by atoms with van der Waals surface area (Å²) in [6, 6.07) is 12.8. The first-order valence-electron chi connectivity index (χ1n) is 10.1. The van der Waals surface area contributed by atoms with Gasteiger partial charge in [-0.15, -0.1) is 0 Å². The molecule has 3 aromatic rings. The molecule has 1 aromatic heterocycles. The van der Waals surface area contributed by atoms with Crippen molar-refractivity contribution in [2.24, 2.45) is 0 Å². The van der Waals surface area contributed by atoms with Crippen molar-refractivity contribution < 1.29 is 27.5 Å². The molecule has 8 nitrogen and oxygen atoms in total. The van der Waals surface area contributed by atoms with Gasteiger partial charge in [-0.3, -0.25) is 0 Å². The predicted molar refractivity (Wildman–Crippen MR) is 117 cm³/mol. The number of aryl methyl sites for hydroxylation is 1. The second-order valence-corrected chi connectivity index (χ2v) is 9.28. The maximum absolute atomic E-state index is 12.5. The van der Waals surface area contributed by atoms with Gasteiger partial charge in [-0.2, -0.15) is 0 Å². The van der Waals surface area contributed by atoms with Crippen LogP contribution in [0.15, 0.2) is 53.4 Å². The first-order chi connectivity index (χ1) is 15.3. The van der Waals surface area contributed by atoms with Crippen molar-refractivity contribution >= 4 is 32.9 Å². The quantitative estimate of drug-likeness (QED) is 0.546. The molecule has 2 aromatic carbocycles. The van der Waals surface area contributed by atoms with Gasteiger partial charge in [-0.05, 0) is 55.7 Å². The molecule has 9 heteroatoms. The first kappa shape index (κ1) is 21.9. The van der Waals surface area contributed by atoms with Gasteiger partial charge in [0.15, 0.2) is 0 Å². The molecule has 0 saturated heterocycles. The lowest BCUT2D eigenvalue weighted by Gasteiger charge is -2.13. The van der Waals surface area contributed by atoms with Gasteiger partial charge in [-0.1, -0.05) is 18.2 Å². The van der Waals surface area contributed by atoms with Crippen LogP contribution in [0.5, 0.6) is 0 Å². The van der Waals surface area contributed by atoms with Crippen LogP contribution >= 0.6 is 0 Å². The Kier molecular flexibility index (Phi) is 5.94. The lowest BCUT2D eigenvalue weighted by atomic mass is 10.0. The van der Waals surface area contributed by atoms with Gasteiger partial charge in [0.25, 0.3) is 0 Å². The summed E-state index contributed by atoms with van der Waals surface area (Å²) in [6.45, 7) is 1.55. The number of carbonyl (C=O) groups excluding carboxylic acids is 2. The number of sulfonamides is 1. The monoisotopic (exact) mass is 454 g/mol. The number of benzene rings is 2. The molecule has 166 valence electrons. The number of esters is 2. The summed E-state index contributed by atoms with van der Waals surface area (Å²) in [5.74, 6) is -1.22. The molecule has 0 atom stereocenters. The molecule has 1 aliphatic carbocycles. The highest BCUT2D eigenvalue weighted by Gasteiger charge is 2.28. The average molecular weight is 455 g/mol. The van der Waals surface area contributed by atoms with E-state index in [1.807, 2.05) is 24.3 Å². The molecule has 0 bridgehead atoms. The smallest absolute Gasteiger partial charge is 0.340 e. The van der Waals surface area contributed by atoms with E-state index in [1.165, 1.54) is 31.4 Å². The minimum atomic E-state index is -3.60. The number of carbonyl (C=O) groups is 2. The molecule has 0 radical (unpaired) electrons. The fraction of sp³-hybridized carbons (Fsp3) is 0.261. The summed E-state index contributed by atoms with van der Waals surface area (Å²) in [6.07, 6.45) is 1.67. The molecule has 1 heterocycles. The van der Waals surface area contributed by atoms with Crippen LogP contribution in [0.1, 0.15) is 44.8 Å². The zero-order valence-electron chi connectivity index (χ0n) is 17.6. The molecule has 0 unspecified atom stereocenters. The van der Waals surface area contributed by atoms with Crippen molar-refractivity contribution in [3.05, 3.63) is 70.9 Å². The summed E-state index contributed by atoms with van der Waals surface area (Å²) in [5.41, 5.74) is 2.08. The number of fused-ring (bicyclic) bond motifs is 1. The van der Waals surface area contributed by atoms with Gasteiger partial charge >= 0.3 is 11.9 Å². The minimum absolute atomic E-state index is 0.00782. The van der Waals surface area contributed by atoms with E-state index in [9.17, 15) is 18.0 Å². The Hall–Kier alpha value is -3.30. The van der Waals surface area contributed by atoms with Crippen LogP contribution in [0.2, 0.25) is 0 Å². The highest BCUT2D eigenvalue weighted by Crippen LogP contribution is 2.25. The van der Waals surface area contributed by atoms with Crippen LogP contribution in [-0.4, -0.2) is 38.5 Å². The maximum atomic E-state index is 12.5. The molecule has 0 amide bonds. The van der Waals surface area contributed by atoms with E-state index in [4.69, 9.17) is 9.47 Å². The standard InChI is InChI=1S/C23H22N2O6S/c1-14-18-5-3-4-6-19(18)24-20(21(14)23(27)30-2)13-31-22(26)15-7-11-17(12-8-15)32(28,29)25-16-9-10-16/h3-8,11-12,16,25H,9-10,13H2,1-2H3. The van der Waals surface area contributed by atoms with Gasteiger partial charge in [0.2, 0.25) is 10.0 Å². The Bertz CT molecular complexity index is 1300. The van der Waals surface area contributed by atoms with Crippen LogP contribution in [0.25, 0.3) is 10.9 Å². The number of para-hydroxylation sites is 1. The molecular formula is C23H22N2O6S. The van der Waals surface area contributed by atoms with E-state index in [-0.39, 0.29) is 34.4 Å². The minimum Gasteiger partial charge on any atom is -0.465 e. The van der Waals surface area contributed by atoms with Crippen LogP contribution in [0.4, 0.5) is 0 Å². The molecule has 1 N–H and O–H groups in total. The Morgan fingerprint density at radius 2 is 1.75 bits per heavy atom. The SMILES string of the molecule is COC(=O)c1c(COC(=O)c2ccc(S(=O)(=O)NC3CC3)cc2)nc2ccccc2c1C.